The first-order chi connectivity index (χ1) is 9.81. The van der Waals surface area contributed by atoms with Crippen molar-refractivity contribution < 1.29 is 19.0 Å². The maximum absolute atomic E-state index is 10.9. The summed E-state index contributed by atoms with van der Waals surface area (Å²) in [4.78, 5) is 10.9. The molecule has 0 atom stereocenters. The van der Waals surface area contributed by atoms with Crippen LogP contribution in [0.2, 0.25) is 0 Å². The highest BCUT2D eigenvalue weighted by molar-refractivity contribution is 5.82. The first kappa shape index (κ1) is 12.5. The minimum atomic E-state index is 0.544. The molecule has 2 aromatic rings. The number of ether oxygens (including phenoxy) is 3. The second kappa shape index (κ2) is 5.25. The molecular weight excluding hydrogens is 256 g/mol. The number of rotatable bonds is 3. The number of benzene rings is 2. The van der Waals surface area contributed by atoms with Crippen molar-refractivity contribution in [3.8, 4) is 28.4 Å². The highest BCUT2D eigenvalue weighted by atomic mass is 16.6. The van der Waals surface area contributed by atoms with E-state index in [0.717, 1.165) is 23.2 Å². The third-order valence-corrected chi connectivity index (χ3v) is 3.21. The van der Waals surface area contributed by atoms with Gasteiger partial charge in [-0.2, -0.15) is 0 Å². The number of hydrogen-bond acceptors (Lipinski definition) is 4. The first-order valence-corrected chi connectivity index (χ1v) is 6.35. The van der Waals surface area contributed by atoms with E-state index in [1.807, 2.05) is 18.2 Å². The summed E-state index contributed by atoms with van der Waals surface area (Å²) in [6.45, 7) is 1.11. The quantitative estimate of drug-likeness (QED) is 0.804. The second-order valence-electron chi connectivity index (χ2n) is 4.44. The van der Waals surface area contributed by atoms with Crippen molar-refractivity contribution in [2.45, 2.75) is 0 Å². The third-order valence-electron chi connectivity index (χ3n) is 3.21. The Kier molecular flexibility index (Phi) is 3.29. The fourth-order valence-electron chi connectivity index (χ4n) is 2.24. The Morgan fingerprint density at radius 3 is 2.60 bits per heavy atom. The van der Waals surface area contributed by atoms with Crippen LogP contribution < -0.4 is 14.2 Å². The maximum Gasteiger partial charge on any atom is 0.161 e. The lowest BCUT2D eigenvalue weighted by atomic mass is 10.0. The molecule has 0 aliphatic carbocycles. The fourth-order valence-corrected chi connectivity index (χ4v) is 2.24. The average molecular weight is 270 g/mol. The van der Waals surface area contributed by atoms with E-state index < -0.39 is 0 Å². The van der Waals surface area contributed by atoms with Gasteiger partial charge in [-0.25, -0.2) is 0 Å². The van der Waals surface area contributed by atoms with Crippen LogP contribution in [0, 0.1) is 0 Å². The SMILES string of the molecule is COc1ccc(C=O)cc1-c1ccc2c(c1)OCCO2. The molecule has 1 aliphatic heterocycles. The Hall–Kier alpha value is -2.49. The van der Waals surface area contributed by atoms with Crippen molar-refractivity contribution in [1.29, 1.82) is 0 Å². The zero-order valence-corrected chi connectivity index (χ0v) is 11.1. The van der Waals surface area contributed by atoms with Crippen LogP contribution in [0.1, 0.15) is 10.4 Å². The molecule has 0 saturated carbocycles. The van der Waals surface area contributed by atoms with E-state index in [4.69, 9.17) is 14.2 Å². The number of methoxy groups -OCH3 is 1. The number of carbonyl (C=O) groups is 1. The maximum atomic E-state index is 10.9. The number of aldehydes is 1. The van der Waals surface area contributed by atoms with Crippen LogP contribution in [0.15, 0.2) is 36.4 Å². The molecule has 1 heterocycles. The summed E-state index contributed by atoms with van der Waals surface area (Å²) < 4.78 is 16.4. The van der Waals surface area contributed by atoms with Gasteiger partial charge in [-0.15, -0.1) is 0 Å². The molecule has 1 aliphatic rings. The second-order valence-corrected chi connectivity index (χ2v) is 4.44. The Morgan fingerprint density at radius 2 is 1.85 bits per heavy atom. The largest absolute Gasteiger partial charge is 0.496 e. The van der Waals surface area contributed by atoms with Crippen molar-refractivity contribution in [3.05, 3.63) is 42.0 Å². The number of fused-ring (bicyclic) bond motifs is 1. The summed E-state index contributed by atoms with van der Waals surface area (Å²) in [5, 5.41) is 0. The molecule has 0 saturated heterocycles. The zero-order chi connectivity index (χ0) is 13.9. The van der Waals surface area contributed by atoms with Gasteiger partial charge in [0.15, 0.2) is 11.5 Å². The molecule has 20 heavy (non-hydrogen) atoms. The molecule has 0 fully saturated rings. The Bertz CT molecular complexity index is 649. The molecule has 0 unspecified atom stereocenters. The Balaban J connectivity index is 2.10. The summed E-state index contributed by atoms with van der Waals surface area (Å²) in [6, 6.07) is 11.0. The van der Waals surface area contributed by atoms with Crippen molar-refractivity contribution >= 4 is 6.29 Å². The van der Waals surface area contributed by atoms with Crippen molar-refractivity contribution in [3.63, 3.8) is 0 Å². The smallest absolute Gasteiger partial charge is 0.161 e. The van der Waals surface area contributed by atoms with Gasteiger partial charge in [-0.05, 0) is 35.9 Å². The topological polar surface area (TPSA) is 44.8 Å². The molecule has 0 radical (unpaired) electrons. The van der Waals surface area contributed by atoms with Gasteiger partial charge in [0.25, 0.3) is 0 Å². The summed E-state index contributed by atoms with van der Waals surface area (Å²) in [7, 11) is 1.61. The predicted octanol–water partition coefficient (Wildman–Crippen LogP) is 2.95. The molecular formula is C16H14O4. The van der Waals surface area contributed by atoms with Gasteiger partial charge in [0.1, 0.15) is 25.2 Å². The molecule has 102 valence electrons. The van der Waals surface area contributed by atoms with E-state index in [9.17, 15) is 4.79 Å². The number of hydrogen-bond donors (Lipinski definition) is 0. The monoisotopic (exact) mass is 270 g/mol. The summed E-state index contributed by atoms with van der Waals surface area (Å²) in [5.41, 5.74) is 2.39. The van der Waals surface area contributed by atoms with E-state index in [1.54, 1.807) is 25.3 Å². The van der Waals surface area contributed by atoms with Gasteiger partial charge in [0.05, 0.1) is 7.11 Å². The molecule has 0 bridgehead atoms. The van der Waals surface area contributed by atoms with E-state index in [2.05, 4.69) is 0 Å². The third kappa shape index (κ3) is 2.20. The molecule has 4 heteroatoms. The first-order valence-electron chi connectivity index (χ1n) is 6.35. The Labute approximate surface area is 116 Å². The molecule has 0 N–H and O–H groups in total. The molecule has 4 nitrogen and oxygen atoms in total. The van der Waals surface area contributed by atoms with Gasteiger partial charge < -0.3 is 14.2 Å². The highest BCUT2D eigenvalue weighted by Gasteiger charge is 2.14. The summed E-state index contributed by atoms with van der Waals surface area (Å²) >= 11 is 0. The normalized spacial score (nSPS) is 12.8. The van der Waals surface area contributed by atoms with Gasteiger partial charge in [0.2, 0.25) is 0 Å². The van der Waals surface area contributed by atoms with Crippen LogP contribution in [0.4, 0.5) is 0 Å². The van der Waals surface area contributed by atoms with Crippen molar-refractivity contribution in [1.82, 2.24) is 0 Å². The van der Waals surface area contributed by atoms with E-state index in [-0.39, 0.29) is 0 Å². The van der Waals surface area contributed by atoms with Gasteiger partial charge >= 0.3 is 0 Å². The van der Waals surface area contributed by atoms with Crippen LogP contribution in [0.3, 0.4) is 0 Å². The molecule has 2 aromatic carbocycles. The Morgan fingerprint density at radius 1 is 1.05 bits per heavy atom. The lowest BCUT2D eigenvalue weighted by molar-refractivity contribution is 0.112. The average Bonchev–Trinajstić information content (AvgIpc) is 2.53. The van der Waals surface area contributed by atoms with Crippen LogP contribution >= 0.6 is 0 Å². The molecule has 3 rings (SSSR count). The van der Waals surface area contributed by atoms with Crippen molar-refractivity contribution in [2.24, 2.45) is 0 Å². The predicted molar refractivity (Wildman–Crippen MR) is 74.8 cm³/mol. The minimum Gasteiger partial charge on any atom is -0.496 e. The van der Waals surface area contributed by atoms with Crippen LogP contribution in [0.25, 0.3) is 11.1 Å². The molecule has 0 aromatic heterocycles. The van der Waals surface area contributed by atoms with E-state index in [1.165, 1.54) is 0 Å². The van der Waals surface area contributed by atoms with E-state index in [0.29, 0.717) is 30.3 Å². The summed E-state index contributed by atoms with van der Waals surface area (Å²) in [6.07, 6.45) is 0.820. The minimum absolute atomic E-state index is 0.544. The fraction of sp³-hybridized carbons (Fsp3) is 0.188. The van der Waals surface area contributed by atoms with Crippen LogP contribution in [-0.4, -0.2) is 26.6 Å². The molecule has 0 spiro atoms. The van der Waals surface area contributed by atoms with Gasteiger partial charge in [0, 0.05) is 11.1 Å². The summed E-state index contributed by atoms with van der Waals surface area (Å²) in [5.74, 6) is 2.17. The zero-order valence-electron chi connectivity index (χ0n) is 11.1. The lowest BCUT2D eigenvalue weighted by Crippen LogP contribution is -2.15. The van der Waals surface area contributed by atoms with Crippen LogP contribution in [-0.2, 0) is 0 Å². The number of carbonyl (C=O) groups excluding carboxylic acids is 1. The lowest BCUT2D eigenvalue weighted by Gasteiger charge is -2.19. The van der Waals surface area contributed by atoms with E-state index >= 15 is 0 Å². The highest BCUT2D eigenvalue weighted by Crippen LogP contribution is 2.37. The van der Waals surface area contributed by atoms with Crippen molar-refractivity contribution in [2.75, 3.05) is 20.3 Å². The standard InChI is InChI=1S/C16H14O4/c1-18-14-4-2-11(10-17)8-13(14)12-3-5-15-16(9-12)20-7-6-19-15/h2-5,8-10H,6-7H2,1H3. The van der Waals surface area contributed by atoms with Gasteiger partial charge in [-0.1, -0.05) is 6.07 Å². The molecule has 0 amide bonds. The van der Waals surface area contributed by atoms with Crippen LogP contribution in [0.5, 0.6) is 17.2 Å². The van der Waals surface area contributed by atoms with Gasteiger partial charge in [-0.3, -0.25) is 4.79 Å².